The predicted molar refractivity (Wildman–Crippen MR) is 71.1 cm³/mol. The molecule has 2 atom stereocenters. The van der Waals surface area contributed by atoms with E-state index in [2.05, 4.69) is 23.5 Å². The molecule has 1 heterocycles. The number of nitrogens with zero attached hydrogens (tertiary/aromatic N) is 1. The molecule has 0 saturated carbocycles. The maximum atomic E-state index is 5.76. The van der Waals surface area contributed by atoms with Gasteiger partial charge in [-0.05, 0) is 25.5 Å². The summed E-state index contributed by atoms with van der Waals surface area (Å²) in [5.41, 5.74) is 5.76. The van der Waals surface area contributed by atoms with E-state index in [0.717, 1.165) is 32.4 Å². The third kappa shape index (κ3) is 5.61. The molecule has 1 saturated heterocycles. The molecule has 0 aromatic rings. The molecule has 16 heavy (non-hydrogen) atoms. The van der Waals surface area contributed by atoms with Crippen molar-refractivity contribution in [3.05, 3.63) is 0 Å². The van der Waals surface area contributed by atoms with Crippen LogP contribution in [0.1, 0.15) is 26.2 Å². The van der Waals surface area contributed by atoms with Gasteiger partial charge in [0.25, 0.3) is 0 Å². The molecule has 1 rings (SSSR count). The fourth-order valence-corrected chi connectivity index (χ4v) is 1.92. The van der Waals surface area contributed by atoms with Crippen LogP contribution in [0.2, 0.25) is 0 Å². The van der Waals surface area contributed by atoms with Gasteiger partial charge in [0.15, 0.2) is 5.96 Å². The van der Waals surface area contributed by atoms with Crippen LogP contribution < -0.4 is 11.1 Å². The first-order valence-corrected chi connectivity index (χ1v) is 7.19. The molecule has 0 aromatic heterocycles. The Hall–Kier alpha value is -0.420. The second-order valence-corrected chi connectivity index (χ2v) is 5.40. The van der Waals surface area contributed by atoms with Crippen molar-refractivity contribution in [2.24, 2.45) is 10.7 Å². The van der Waals surface area contributed by atoms with E-state index < -0.39 is 0 Å². The van der Waals surface area contributed by atoms with Gasteiger partial charge in [0, 0.05) is 18.4 Å². The monoisotopic (exact) mass is 245 g/mol. The minimum Gasteiger partial charge on any atom is -0.376 e. The van der Waals surface area contributed by atoms with Crippen molar-refractivity contribution in [1.29, 1.82) is 0 Å². The van der Waals surface area contributed by atoms with Gasteiger partial charge in [0.1, 0.15) is 0 Å². The summed E-state index contributed by atoms with van der Waals surface area (Å²) in [5.74, 6) is 0.545. The SMILES string of the molecule is CS[C@@H](C)CCNC(N)=NC[C@@H]1CCCO1. The lowest BCUT2D eigenvalue weighted by molar-refractivity contribution is 0.118. The largest absolute Gasteiger partial charge is 0.376 e. The first kappa shape index (κ1) is 13.6. The molecule has 0 radical (unpaired) electrons. The Morgan fingerprint density at radius 2 is 2.50 bits per heavy atom. The van der Waals surface area contributed by atoms with E-state index in [4.69, 9.17) is 10.5 Å². The van der Waals surface area contributed by atoms with Crippen LogP contribution in [0.25, 0.3) is 0 Å². The quantitative estimate of drug-likeness (QED) is 0.545. The second-order valence-electron chi connectivity index (χ2n) is 4.12. The molecule has 4 nitrogen and oxygen atoms in total. The number of rotatable bonds is 6. The summed E-state index contributed by atoms with van der Waals surface area (Å²) in [5, 5.41) is 3.80. The van der Waals surface area contributed by atoms with Gasteiger partial charge in [-0.15, -0.1) is 0 Å². The Morgan fingerprint density at radius 1 is 1.69 bits per heavy atom. The van der Waals surface area contributed by atoms with E-state index in [-0.39, 0.29) is 6.10 Å². The van der Waals surface area contributed by atoms with E-state index in [1.54, 1.807) is 0 Å². The number of nitrogens with two attached hydrogens (primary N) is 1. The lowest BCUT2D eigenvalue weighted by atomic mass is 10.2. The van der Waals surface area contributed by atoms with Crippen LogP contribution in [0.3, 0.4) is 0 Å². The molecule has 1 fully saturated rings. The molecule has 1 aliphatic heterocycles. The Labute approximate surface area is 102 Å². The van der Waals surface area contributed by atoms with E-state index in [0.29, 0.717) is 17.8 Å². The Morgan fingerprint density at radius 3 is 3.12 bits per heavy atom. The van der Waals surface area contributed by atoms with Crippen LogP contribution in [-0.4, -0.2) is 43.3 Å². The highest BCUT2D eigenvalue weighted by Gasteiger charge is 2.14. The second kappa shape index (κ2) is 7.79. The van der Waals surface area contributed by atoms with Crippen molar-refractivity contribution < 1.29 is 4.74 Å². The zero-order valence-electron chi connectivity index (χ0n) is 10.2. The van der Waals surface area contributed by atoms with Crippen LogP contribution in [0.5, 0.6) is 0 Å². The molecule has 94 valence electrons. The number of guanidine groups is 1. The average Bonchev–Trinajstić information content (AvgIpc) is 2.79. The minimum atomic E-state index is 0.283. The summed E-state index contributed by atoms with van der Waals surface area (Å²) < 4.78 is 5.47. The van der Waals surface area contributed by atoms with Crippen molar-refractivity contribution in [2.75, 3.05) is 26.0 Å². The van der Waals surface area contributed by atoms with Crippen molar-refractivity contribution in [1.82, 2.24) is 5.32 Å². The maximum absolute atomic E-state index is 5.76. The van der Waals surface area contributed by atoms with Gasteiger partial charge in [-0.2, -0.15) is 11.8 Å². The van der Waals surface area contributed by atoms with Gasteiger partial charge in [-0.25, -0.2) is 0 Å². The first-order valence-electron chi connectivity index (χ1n) is 5.90. The summed E-state index contributed by atoms with van der Waals surface area (Å²) in [6.45, 7) is 4.67. The smallest absolute Gasteiger partial charge is 0.188 e. The number of ether oxygens (including phenoxy) is 1. The molecule has 0 amide bonds. The standard InChI is InChI=1S/C11H23N3OS/c1-9(16-2)5-6-13-11(12)14-8-10-4-3-7-15-10/h9-10H,3-8H2,1-2H3,(H3,12,13,14)/t9-,10-/m0/s1. The molecule has 0 spiro atoms. The Balaban J connectivity index is 2.08. The highest BCUT2D eigenvalue weighted by atomic mass is 32.2. The molecule has 0 bridgehead atoms. The van der Waals surface area contributed by atoms with Gasteiger partial charge in [-0.3, -0.25) is 4.99 Å². The fraction of sp³-hybridized carbons (Fsp3) is 0.909. The Kier molecular flexibility index (Phi) is 6.64. The third-order valence-corrected chi connectivity index (χ3v) is 3.79. The summed E-state index contributed by atoms with van der Waals surface area (Å²) in [4.78, 5) is 4.28. The Bertz CT molecular complexity index is 217. The van der Waals surface area contributed by atoms with E-state index in [1.165, 1.54) is 0 Å². The van der Waals surface area contributed by atoms with Crippen molar-refractivity contribution in [3.8, 4) is 0 Å². The van der Waals surface area contributed by atoms with Crippen LogP contribution in [0.4, 0.5) is 0 Å². The predicted octanol–water partition coefficient (Wildman–Crippen LogP) is 1.21. The minimum absolute atomic E-state index is 0.283. The number of hydrogen-bond donors (Lipinski definition) is 2. The topological polar surface area (TPSA) is 59.6 Å². The molecule has 1 aliphatic rings. The molecule has 0 unspecified atom stereocenters. The van der Waals surface area contributed by atoms with Crippen LogP contribution in [-0.2, 0) is 4.74 Å². The van der Waals surface area contributed by atoms with Gasteiger partial charge in [0.05, 0.1) is 12.6 Å². The van der Waals surface area contributed by atoms with Crippen LogP contribution in [0.15, 0.2) is 4.99 Å². The van der Waals surface area contributed by atoms with Gasteiger partial charge >= 0.3 is 0 Å². The molecule has 3 N–H and O–H groups in total. The van der Waals surface area contributed by atoms with Crippen molar-refractivity contribution >= 4 is 17.7 Å². The zero-order valence-corrected chi connectivity index (χ0v) is 11.1. The molecule has 0 aliphatic carbocycles. The fourth-order valence-electron chi connectivity index (χ4n) is 1.57. The van der Waals surface area contributed by atoms with Gasteiger partial charge in [0.2, 0.25) is 0 Å². The zero-order chi connectivity index (χ0) is 11.8. The normalized spacial score (nSPS) is 23.4. The van der Waals surface area contributed by atoms with Crippen LogP contribution in [0, 0.1) is 0 Å². The molecule has 0 aromatic carbocycles. The molecular weight excluding hydrogens is 222 g/mol. The average molecular weight is 245 g/mol. The number of hydrogen-bond acceptors (Lipinski definition) is 3. The number of aliphatic imine (C=N–C) groups is 1. The van der Waals surface area contributed by atoms with Crippen molar-refractivity contribution in [2.45, 2.75) is 37.5 Å². The number of thioether (sulfide) groups is 1. The third-order valence-electron chi connectivity index (χ3n) is 2.75. The maximum Gasteiger partial charge on any atom is 0.188 e. The van der Waals surface area contributed by atoms with Crippen molar-refractivity contribution in [3.63, 3.8) is 0 Å². The summed E-state index contributed by atoms with van der Waals surface area (Å²) >= 11 is 1.87. The van der Waals surface area contributed by atoms with E-state index in [1.807, 2.05) is 11.8 Å². The van der Waals surface area contributed by atoms with Crippen LogP contribution >= 0.6 is 11.8 Å². The number of nitrogens with one attached hydrogen (secondary N) is 1. The van der Waals surface area contributed by atoms with Gasteiger partial charge < -0.3 is 15.8 Å². The van der Waals surface area contributed by atoms with E-state index >= 15 is 0 Å². The lowest BCUT2D eigenvalue weighted by Crippen LogP contribution is -2.34. The summed E-state index contributed by atoms with van der Waals surface area (Å²) in [7, 11) is 0. The first-order chi connectivity index (χ1) is 7.72. The van der Waals surface area contributed by atoms with E-state index in [9.17, 15) is 0 Å². The van der Waals surface area contributed by atoms with Gasteiger partial charge in [-0.1, -0.05) is 6.92 Å². The summed E-state index contributed by atoms with van der Waals surface area (Å²) in [6.07, 6.45) is 5.78. The summed E-state index contributed by atoms with van der Waals surface area (Å²) in [6, 6.07) is 0. The highest BCUT2D eigenvalue weighted by molar-refractivity contribution is 7.99. The lowest BCUT2D eigenvalue weighted by Gasteiger charge is -2.10. The molecular formula is C11H23N3OS. The molecule has 5 heteroatoms. The highest BCUT2D eigenvalue weighted by Crippen LogP contribution is 2.11.